The molecule has 0 amide bonds. The first-order valence-corrected chi connectivity index (χ1v) is 6.19. The number of hydrogen-bond donors (Lipinski definition) is 1. The number of aryl methyl sites for hydroxylation is 3. The lowest BCUT2D eigenvalue weighted by Gasteiger charge is -2.17. The largest absolute Gasteiger partial charge is 0.384 e. The van der Waals surface area contributed by atoms with Crippen LogP contribution in [0, 0.1) is 27.7 Å². The molecular formula is C16H19NO. The van der Waals surface area contributed by atoms with E-state index in [2.05, 4.69) is 18.0 Å². The lowest BCUT2D eigenvalue weighted by atomic mass is 9.94. The monoisotopic (exact) mass is 241 g/mol. The summed E-state index contributed by atoms with van der Waals surface area (Å²) in [5, 5.41) is 10.5. The lowest BCUT2D eigenvalue weighted by Crippen LogP contribution is -2.06. The molecule has 0 saturated heterocycles. The van der Waals surface area contributed by atoms with Crippen LogP contribution in [-0.2, 0) is 0 Å². The van der Waals surface area contributed by atoms with Crippen molar-refractivity contribution >= 4 is 0 Å². The minimum absolute atomic E-state index is 0.599. The molecule has 1 atom stereocenters. The van der Waals surface area contributed by atoms with Crippen molar-refractivity contribution in [3.05, 3.63) is 64.0 Å². The maximum absolute atomic E-state index is 10.5. The van der Waals surface area contributed by atoms with Crippen molar-refractivity contribution in [2.45, 2.75) is 33.8 Å². The van der Waals surface area contributed by atoms with Gasteiger partial charge in [0.05, 0.1) is 0 Å². The van der Waals surface area contributed by atoms with E-state index in [0.29, 0.717) is 0 Å². The number of nitrogens with zero attached hydrogens (tertiary/aromatic N) is 1. The molecule has 0 spiro atoms. The molecule has 0 radical (unpaired) electrons. The van der Waals surface area contributed by atoms with Gasteiger partial charge in [-0.3, -0.25) is 4.98 Å². The third-order valence-corrected chi connectivity index (χ3v) is 3.50. The molecule has 0 fully saturated rings. The van der Waals surface area contributed by atoms with E-state index in [4.69, 9.17) is 0 Å². The Morgan fingerprint density at radius 2 is 1.67 bits per heavy atom. The molecule has 2 nitrogen and oxygen atoms in total. The van der Waals surface area contributed by atoms with Gasteiger partial charge in [-0.05, 0) is 50.5 Å². The van der Waals surface area contributed by atoms with Crippen molar-refractivity contribution < 1.29 is 5.11 Å². The van der Waals surface area contributed by atoms with Crippen molar-refractivity contribution in [1.82, 2.24) is 4.98 Å². The van der Waals surface area contributed by atoms with E-state index >= 15 is 0 Å². The van der Waals surface area contributed by atoms with Gasteiger partial charge in [0.1, 0.15) is 6.10 Å². The fourth-order valence-corrected chi connectivity index (χ4v) is 2.22. The first-order chi connectivity index (χ1) is 8.50. The van der Waals surface area contributed by atoms with Crippen molar-refractivity contribution in [2.24, 2.45) is 0 Å². The Balaban J connectivity index is 2.48. The predicted octanol–water partition coefficient (Wildman–Crippen LogP) is 3.40. The summed E-state index contributed by atoms with van der Waals surface area (Å²) < 4.78 is 0. The average molecular weight is 241 g/mol. The van der Waals surface area contributed by atoms with E-state index in [1.807, 2.05) is 45.0 Å². The minimum atomic E-state index is -0.599. The Morgan fingerprint density at radius 1 is 0.944 bits per heavy atom. The maximum Gasteiger partial charge on any atom is 0.106 e. The molecule has 1 heterocycles. The predicted molar refractivity (Wildman–Crippen MR) is 73.7 cm³/mol. The van der Waals surface area contributed by atoms with Crippen LogP contribution in [-0.4, -0.2) is 10.1 Å². The summed E-state index contributed by atoms with van der Waals surface area (Å²) in [6.07, 6.45) is -0.599. The number of rotatable bonds is 2. The van der Waals surface area contributed by atoms with E-state index in [0.717, 1.165) is 28.1 Å². The van der Waals surface area contributed by atoms with Crippen LogP contribution < -0.4 is 0 Å². The van der Waals surface area contributed by atoms with Crippen LogP contribution in [0.2, 0.25) is 0 Å². The minimum Gasteiger partial charge on any atom is -0.384 e. The molecule has 94 valence electrons. The van der Waals surface area contributed by atoms with Gasteiger partial charge in [-0.2, -0.15) is 0 Å². The second kappa shape index (κ2) is 4.91. The first kappa shape index (κ1) is 12.8. The molecule has 1 unspecified atom stereocenters. The third kappa shape index (κ3) is 2.29. The molecular weight excluding hydrogens is 222 g/mol. The molecule has 2 heteroatoms. The number of aliphatic hydroxyl groups excluding tert-OH is 1. The molecule has 2 rings (SSSR count). The highest BCUT2D eigenvalue weighted by Crippen LogP contribution is 2.27. The molecule has 0 aliphatic carbocycles. The van der Waals surface area contributed by atoms with Gasteiger partial charge in [-0.1, -0.05) is 24.3 Å². The van der Waals surface area contributed by atoms with E-state index in [1.165, 1.54) is 5.56 Å². The molecule has 18 heavy (non-hydrogen) atoms. The number of benzene rings is 1. The van der Waals surface area contributed by atoms with Crippen LogP contribution in [0.5, 0.6) is 0 Å². The summed E-state index contributed by atoms with van der Waals surface area (Å²) in [4.78, 5) is 4.41. The summed E-state index contributed by atoms with van der Waals surface area (Å²) in [7, 11) is 0. The first-order valence-electron chi connectivity index (χ1n) is 6.19. The average Bonchev–Trinajstić information content (AvgIpc) is 2.32. The highest BCUT2D eigenvalue weighted by Gasteiger charge is 2.16. The zero-order valence-electron chi connectivity index (χ0n) is 11.4. The number of aromatic nitrogens is 1. The normalized spacial score (nSPS) is 12.5. The summed E-state index contributed by atoms with van der Waals surface area (Å²) in [5.41, 5.74) is 6.06. The maximum atomic E-state index is 10.5. The van der Waals surface area contributed by atoms with Crippen LogP contribution in [0.25, 0.3) is 0 Å². The van der Waals surface area contributed by atoms with Crippen LogP contribution in [0.15, 0.2) is 30.3 Å². The Labute approximate surface area is 108 Å². The van der Waals surface area contributed by atoms with Crippen LogP contribution >= 0.6 is 0 Å². The molecule has 0 bridgehead atoms. The van der Waals surface area contributed by atoms with Gasteiger partial charge < -0.3 is 5.11 Å². The lowest BCUT2D eigenvalue weighted by molar-refractivity contribution is 0.218. The smallest absolute Gasteiger partial charge is 0.106 e. The van der Waals surface area contributed by atoms with Crippen molar-refractivity contribution in [3.63, 3.8) is 0 Å². The zero-order chi connectivity index (χ0) is 13.3. The zero-order valence-corrected chi connectivity index (χ0v) is 11.4. The van der Waals surface area contributed by atoms with E-state index in [-0.39, 0.29) is 0 Å². The van der Waals surface area contributed by atoms with E-state index < -0.39 is 6.10 Å². The SMILES string of the molecule is Cc1ccc(C(O)c2cccc(C)c2C)c(C)n1. The third-order valence-electron chi connectivity index (χ3n) is 3.50. The summed E-state index contributed by atoms with van der Waals surface area (Å²) >= 11 is 0. The summed E-state index contributed by atoms with van der Waals surface area (Å²) in [6.45, 7) is 8.01. The Kier molecular flexibility index (Phi) is 3.48. The fraction of sp³-hybridized carbons (Fsp3) is 0.312. The second-order valence-electron chi connectivity index (χ2n) is 4.82. The van der Waals surface area contributed by atoms with Gasteiger partial charge in [-0.15, -0.1) is 0 Å². The molecule has 1 N–H and O–H groups in total. The van der Waals surface area contributed by atoms with Gasteiger partial charge in [0.15, 0.2) is 0 Å². The molecule has 1 aromatic carbocycles. The fourth-order valence-electron chi connectivity index (χ4n) is 2.22. The van der Waals surface area contributed by atoms with Gasteiger partial charge in [0.25, 0.3) is 0 Å². The Hall–Kier alpha value is -1.67. The summed E-state index contributed by atoms with van der Waals surface area (Å²) in [6, 6.07) is 9.93. The Morgan fingerprint density at radius 3 is 2.33 bits per heavy atom. The van der Waals surface area contributed by atoms with Crippen LogP contribution in [0.4, 0.5) is 0 Å². The van der Waals surface area contributed by atoms with Crippen LogP contribution in [0.3, 0.4) is 0 Å². The highest BCUT2D eigenvalue weighted by atomic mass is 16.3. The molecule has 0 saturated carbocycles. The van der Waals surface area contributed by atoms with Crippen LogP contribution in [0.1, 0.15) is 39.7 Å². The van der Waals surface area contributed by atoms with Crippen molar-refractivity contribution in [1.29, 1.82) is 0 Å². The summed E-state index contributed by atoms with van der Waals surface area (Å²) in [5.74, 6) is 0. The van der Waals surface area contributed by atoms with E-state index in [9.17, 15) is 5.11 Å². The van der Waals surface area contributed by atoms with Gasteiger partial charge in [0, 0.05) is 17.0 Å². The van der Waals surface area contributed by atoms with Gasteiger partial charge in [0.2, 0.25) is 0 Å². The van der Waals surface area contributed by atoms with Crippen molar-refractivity contribution in [3.8, 4) is 0 Å². The molecule has 2 aromatic rings. The highest BCUT2D eigenvalue weighted by molar-refractivity contribution is 5.40. The quantitative estimate of drug-likeness (QED) is 0.874. The number of aliphatic hydroxyl groups is 1. The molecule has 1 aromatic heterocycles. The van der Waals surface area contributed by atoms with Gasteiger partial charge >= 0.3 is 0 Å². The Bertz CT molecular complexity index is 575. The van der Waals surface area contributed by atoms with Crippen molar-refractivity contribution in [2.75, 3.05) is 0 Å². The standard InChI is InChI=1S/C16H19NO/c1-10-6-5-7-14(12(10)3)16(18)15-9-8-11(2)17-13(15)4/h5-9,16,18H,1-4H3. The number of hydrogen-bond acceptors (Lipinski definition) is 2. The molecule has 0 aliphatic heterocycles. The molecule has 0 aliphatic rings. The van der Waals surface area contributed by atoms with Gasteiger partial charge in [-0.25, -0.2) is 0 Å². The topological polar surface area (TPSA) is 33.1 Å². The second-order valence-corrected chi connectivity index (χ2v) is 4.82. The van der Waals surface area contributed by atoms with E-state index in [1.54, 1.807) is 0 Å². The number of pyridine rings is 1.